The molecule has 0 atom stereocenters. The number of aromatic nitrogens is 2. The van der Waals surface area contributed by atoms with E-state index in [-0.39, 0.29) is 15.6 Å². The Kier molecular flexibility index (Phi) is 4.26. The van der Waals surface area contributed by atoms with Gasteiger partial charge in [0.1, 0.15) is 10.7 Å². The maximum absolute atomic E-state index is 13.2. The predicted molar refractivity (Wildman–Crippen MR) is 73.5 cm³/mol. The van der Waals surface area contributed by atoms with Gasteiger partial charge in [-0.1, -0.05) is 11.6 Å². The molecule has 0 bridgehead atoms. The molecule has 0 unspecified atom stereocenters. The van der Waals surface area contributed by atoms with E-state index in [1.165, 1.54) is 23.1 Å². The number of hydrogen-bond donors (Lipinski definition) is 2. The second-order valence-electron chi connectivity index (χ2n) is 3.99. The molecule has 20 heavy (non-hydrogen) atoms. The number of nitrogens with zero attached hydrogens (tertiary/aromatic N) is 2. The first-order valence-electron chi connectivity index (χ1n) is 5.62. The zero-order valence-electron chi connectivity index (χ0n) is 10.3. The summed E-state index contributed by atoms with van der Waals surface area (Å²) in [7, 11) is -3.84. The third-order valence-electron chi connectivity index (χ3n) is 2.39. The van der Waals surface area contributed by atoms with Crippen LogP contribution in [0.25, 0.3) is 0 Å². The molecule has 3 N–H and O–H groups in total. The third kappa shape index (κ3) is 3.47. The minimum atomic E-state index is -3.84. The second kappa shape index (κ2) is 5.78. The molecule has 0 saturated heterocycles. The molecule has 1 aromatic heterocycles. The van der Waals surface area contributed by atoms with E-state index < -0.39 is 15.8 Å². The Labute approximate surface area is 120 Å². The third-order valence-corrected chi connectivity index (χ3v) is 3.95. The molecular weight excluding hydrogens is 307 g/mol. The van der Waals surface area contributed by atoms with Crippen molar-refractivity contribution in [2.75, 3.05) is 11.3 Å². The number of nitrogens with two attached hydrogens (primary N) is 1. The van der Waals surface area contributed by atoms with Crippen LogP contribution in [0.3, 0.4) is 0 Å². The SMILES string of the molecule is NCCn1cc(S(=O)(=O)Nc2cc(F)cc(Cl)c2)cn1. The van der Waals surface area contributed by atoms with Gasteiger partial charge in [0.05, 0.1) is 18.4 Å². The van der Waals surface area contributed by atoms with Crippen LogP contribution in [0.1, 0.15) is 0 Å². The molecule has 1 heterocycles. The van der Waals surface area contributed by atoms with Gasteiger partial charge in [0.15, 0.2) is 0 Å². The van der Waals surface area contributed by atoms with Gasteiger partial charge in [0.2, 0.25) is 0 Å². The molecule has 0 amide bonds. The fraction of sp³-hybridized carbons (Fsp3) is 0.182. The molecule has 0 fully saturated rings. The molecule has 0 saturated carbocycles. The summed E-state index contributed by atoms with van der Waals surface area (Å²) in [6.45, 7) is 0.745. The fourth-order valence-corrected chi connectivity index (χ4v) is 2.78. The van der Waals surface area contributed by atoms with E-state index in [0.717, 1.165) is 12.1 Å². The maximum Gasteiger partial charge on any atom is 0.265 e. The van der Waals surface area contributed by atoms with Gasteiger partial charge in [-0.2, -0.15) is 5.10 Å². The zero-order valence-corrected chi connectivity index (χ0v) is 11.8. The number of hydrogen-bond acceptors (Lipinski definition) is 4. The van der Waals surface area contributed by atoms with Gasteiger partial charge in [-0.05, 0) is 18.2 Å². The summed E-state index contributed by atoms with van der Waals surface area (Å²) >= 11 is 5.67. The average Bonchev–Trinajstić information content (AvgIpc) is 2.76. The molecule has 9 heteroatoms. The van der Waals surface area contributed by atoms with E-state index in [0.29, 0.717) is 13.1 Å². The van der Waals surface area contributed by atoms with E-state index >= 15 is 0 Å². The lowest BCUT2D eigenvalue weighted by Crippen LogP contribution is -2.13. The van der Waals surface area contributed by atoms with E-state index in [1.54, 1.807) is 0 Å². The standard InChI is InChI=1S/C11H12ClFN4O2S/c12-8-3-9(13)5-10(4-8)16-20(18,19)11-6-15-17(7-11)2-1-14/h3-7,16H,1-2,14H2. The molecule has 6 nitrogen and oxygen atoms in total. The van der Waals surface area contributed by atoms with Crippen LogP contribution in [0.5, 0.6) is 0 Å². The van der Waals surface area contributed by atoms with Crippen LogP contribution in [0.2, 0.25) is 5.02 Å². The summed E-state index contributed by atoms with van der Waals surface area (Å²) in [5.74, 6) is -0.631. The molecule has 2 aromatic rings. The van der Waals surface area contributed by atoms with E-state index in [9.17, 15) is 12.8 Å². The Balaban J connectivity index is 2.25. The van der Waals surface area contributed by atoms with E-state index in [2.05, 4.69) is 9.82 Å². The minimum absolute atomic E-state index is 0.0358. The summed E-state index contributed by atoms with van der Waals surface area (Å²) in [5, 5.41) is 3.96. The van der Waals surface area contributed by atoms with E-state index in [1.807, 2.05) is 0 Å². The molecule has 0 radical (unpaired) electrons. The summed E-state index contributed by atoms with van der Waals surface area (Å²) in [4.78, 5) is -0.0358. The first kappa shape index (κ1) is 14.8. The van der Waals surface area contributed by atoms with Crippen LogP contribution in [-0.2, 0) is 16.6 Å². The first-order chi connectivity index (χ1) is 9.40. The normalized spacial score (nSPS) is 11.6. The van der Waals surface area contributed by atoms with Gasteiger partial charge in [0, 0.05) is 17.8 Å². The molecule has 0 spiro atoms. The molecular formula is C11H12ClFN4O2S. The molecule has 0 aliphatic rings. The topological polar surface area (TPSA) is 90.0 Å². The highest BCUT2D eigenvalue weighted by atomic mass is 35.5. The number of benzene rings is 1. The van der Waals surface area contributed by atoms with Crippen molar-refractivity contribution in [2.45, 2.75) is 11.4 Å². The lowest BCUT2D eigenvalue weighted by molar-refractivity contribution is 0.599. The Hall–Kier alpha value is -1.64. The van der Waals surface area contributed by atoms with Crippen LogP contribution < -0.4 is 10.5 Å². The Bertz CT molecular complexity index is 697. The van der Waals surface area contributed by atoms with Crippen LogP contribution in [0.4, 0.5) is 10.1 Å². The molecule has 0 aliphatic heterocycles. The average molecular weight is 319 g/mol. The number of rotatable bonds is 5. The van der Waals surface area contributed by atoms with Gasteiger partial charge < -0.3 is 5.73 Å². The van der Waals surface area contributed by atoms with Gasteiger partial charge in [0.25, 0.3) is 10.0 Å². The molecule has 2 rings (SSSR count). The van der Waals surface area contributed by atoms with Crippen LogP contribution >= 0.6 is 11.6 Å². The second-order valence-corrected chi connectivity index (χ2v) is 6.11. The Morgan fingerprint density at radius 1 is 1.40 bits per heavy atom. The Morgan fingerprint density at radius 3 is 2.80 bits per heavy atom. The highest BCUT2D eigenvalue weighted by Crippen LogP contribution is 2.21. The largest absolute Gasteiger partial charge is 0.329 e. The lowest BCUT2D eigenvalue weighted by atomic mass is 10.3. The molecule has 1 aromatic carbocycles. The van der Waals surface area contributed by atoms with Gasteiger partial charge in [-0.3, -0.25) is 9.40 Å². The summed E-state index contributed by atoms with van der Waals surface area (Å²) in [5.41, 5.74) is 5.40. The Morgan fingerprint density at radius 2 is 2.15 bits per heavy atom. The quantitative estimate of drug-likeness (QED) is 0.872. The zero-order chi connectivity index (χ0) is 14.8. The van der Waals surface area contributed by atoms with Crippen molar-refractivity contribution in [2.24, 2.45) is 5.73 Å². The molecule has 108 valence electrons. The smallest absolute Gasteiger partial charge is 0.265 e. The fourth-order valence-electron chi connectivity index (χ4n) is 1.56. The number of sulfonamides is 1. The first-order valence-corrected chi connectivity index (χ1v) is 7.48. The number of anilines is 1. The van der Waals surface area contributed by atoms with E-state index in [4.69, 9.17) is 17.3 Å². The number of nitrogens with one attached hydrogen (secondary N) is 1. The van der Waals surface area contributed by atoms with Crippen molar-refractivity contribution in [3.05, 3.63) is 41.4 Å². The molecule has 0 aliphatic carbocycles. The summed E-state index contributed by atoms with van der Waals surface area (Å²) < 4.78 is 41.0. The van der Waals surface area contributed by atoms with Crippen LogP contribution in [0.15, 0.2) is 35.5 Å². The summed E-state index contributed by atoms with van der Waals surface area (Å²) in [6.07, 6.45) is 2.54. The van der Waals surface area contributed by atoms with Crippen molar-refractivity contribution in [3.63, 3.8) is 0 Å². The van der Waals surface area contributed by atoms with Crippen LogP contribution in [0, 0.1) is 5.82 Å². The lowest BCUT2D eigenvalue weighted by Gasteiger charge is -2.06. The van der Waals surface area contributed by atoms with Crippen LogP contribution in [-0.4, -0.2) is 24.7 Å². The van der Waals surface area contributed by atoms with Crippen molar-refractivity contribution in [1.82, 2.24) is 9.78 Å². The van der Waals surface area contributed by atoms with Crippen molar-refractivity contribution in [3.8, 4) is 0 Å². The highest BCUT2D eigenvalue weighted by Gasteiger charge is 2.17. The summed E-state index contributed by atoms with van der Waals surface area (Å²) in [6, 6.07) is 3.43. The minimum Gasteiger partial charge on any atom is -0.329 e. The predicted octanol–water partition coefficient (Wildman–Crippen LogP) is 1.44. The van der Waals surface area contributed by atoms with Crippen molar-refractivity contribution < 1.29 is 12.8 Å². The van der Waals surface area contributed by atoms with Crippen molar-refractivity contribution in [1.29, 1.82) is 0 Å². The van der Waals surface area contributed by atoms with Gasteiger partial charge in [-0.15, -0.1) is 0 Å². The van der Waals surface area contributed by atoms with Gasteiger partial charge in [-0.25, -0.2) is 12.8 Å². The van der Waals surface area contributed by atoms with Crippen molar-refractivity contribution >= 4 is 27.3 Å². The van der Waals surface area contributed by atoms with Gasteiger partial charge >= 0.3 is 0 Å². The maximum atomic E-state index is 13.2. The number of halogens is 2. The highest BCUT2D eigenvalue weighted by molar-refractivity contribution is 7.92. The monoisotopic (exact) mass is 318 g/mol.